The molecular weight excluding hydrogens is 206 g/mol. The van der Waals surface area contributed by atoms with Crippen LogP contribution in [-0.4, -0.2) is 21.8 Å². The van der Waals surface area contributed by atoms with E-state index in [9.17, 15) is 9.59 Å². The van der Waals surface area contributed by atoms with E-state index in [-0.39, 0.29) is 11.3 Å². The highest BCUT2D eigenvalue weighted by atomic mass is 16.4. The summed E-state index contributed by atoms with van der Waals surface area (Å²) in [7, 11) is 0. The van der Waals surface area contributed by atoms with Crippen LogP contribution in [-0.2, 0) is 0 Å². The van der Waals surface area contributed by atoms with Crippen molar-refractivity contribution in [2.45, 2.75) is 13.8 Å². The van der Waals surface area contributed by atoms with Crippen molar-refractivity contribution >= 4 is 22.7 Å². The molecule has 4 nitrogen and oxygen atoms in total. The van der Waals surface area contributed by atoms with Gasteiger partial charge in [0, 0.05) is 17.8 Å². The lowest BCUT2D eigenvalue weighted by molar-refractivity contribution is 0.0697. The largest absolute Gasteiger partial charge is 0.478 e. The molecule has 1 aromatic heterocycles. The Hall–Kier alpha value is -2.10. The van der Waals surface area contributed by atoms with Gasteiger partial charge in [-0.25, -0.2) is 4.79 Å². The predicted molar refractivity (Wildman–Crippen MR) is 60.0 cm³/mol. The molecule has 0 atom stereocenters. The third-order valence-electron chi connectivity index (χ3n) is 2.66. The van der Waals surface area contributed by atoms with Crippen LogP contribution in [0.2, 0.25) is 0 Å². The molecule has 0 aliphatic carbocycles. The van der Waals surface area contributed by atoms with E-state index in [4.69, 9.17) is 5.11 Å². The van der Waals surface area contributed by atoms with Gasteiger partial charge in [0.05, 0.1) is 11.3 Å². The molecule has 2 aromatic rings. The second kappa shape index (κ2) is 3.48. The number of hydrogen-bond acceptors (Lipinski definition) is 2. The first-order chi connectivity index (χ1) is 7.50. The number of aromatic carboxylic acids is 1. The average Bonchev–Trinajstić information content (AvgIpc) is 2.55. The summed E-state index contributed by atoms with van der Waals surface area (Å²) in [5.74, 6) is -1.02. The maximum Gasteiger partial charge on any atom is 0.335 e. The Morgan fingerprint density at radius 2 is 2.00 bits per heavy atom. The number of hydrogen-bond donors (Lipinski definition) is 2. The van der Waals surface area contributed by atoms with Crippen LogP contribution in [0.1, 0.15) is 33.3 Å². The van der Waals surface area contributed by atoms with E-state index in [0.29, 0.717) is 11.2 Å². The number of H-pyrrole nitrogens is 1. The zero-order valence-electron chi connectivity index (χ0n) is 9.00. The van der Waals surface area contributed by atoms with Gasteiger partial charge in [-0.2, -0.15) is 0 Å². The van der Waals surface area contributed by atoms with Crippen LogP contribution in [0.4, 0.5) is 0 Å². The summed E-state index contributed by atoms with van der Waals surface area (Å²) in [4.78, 5) is 25.0. The van der Waals surface area contributed by atoms with Gasteiger partial charge in [0.15, 0.2) is 5.78 Å². The van der Waals surface area contributed by atoms with Gasteiger partial charge in [-0.15, -0.1) is 0 Å². The highest BCUT2D eigenvalue weighted by molar-refractivity contribution is 6.02. The van der Waals surface area contributed by atoms with Crippen molar-refractivity contribution in [2.75, 3.05) is 0 Å². The number of ketones is 1. The molecule has 0 aliphatic heterocycles. The van der Waals surface area contributed by atoms with Gasteiger partial charge in [-0.1, -0.05) is 6.07 Å². The van der Waals surface area contributed by atoms with Crippen molar-refractivity contribution in [3.8, 4) is 0 Å². The van der Waals surface area contributed by atoms with Crippen LogP contribution in [0.25, 0.3) is 10.9 Å². The van der Waals surface area contributed by atoms with Crippen molar-refractivity contribution in [2.24, 2.45) is 0 Å². The van der Waals surface area contributed by atoms with Crippen molar-refractivity contribution in [1.29, 1.82) is 0 Å². The molecule has 0 bridgehead atoms. The molecule has 0 spiro atoms. The van der Waals surface area contributed by atoms with E-state index in [1.807, 2.05) is 6.92 Å². The van der Waals surface area contributed by atoms with E-state index in [0.717, 1.165) is 10.9 Å². The Balaban J connectivity index is 2.72. The third-order valence-corrected chi connectivity index (χ3v) is 2.66. The second-order valence-electron chi connectivity index (χ2n) is 3.75. The van der Waals surface area contributed by atoms with Gasteiger partial charge >= 0.3 is 5.97 Å². The molecule has 0 fully saturated rings. The molecule has 0 amide bonds. The Morgan fingerprint density at radius 3 is 2.56 bits per heavy atom. The molecule has 0 saturated carbocycles. The van der Waals surface area contributed by atoms with E-state index in [1.165, 1.54) is 19.1 Å². The molecule has 0 unspecified atom stereocenters. The minimum atomic E-state index is -0.974. The van der Waals surface area contributed by atoms with Gasteiger partial charge in [-0.05, 0) is 24.6 Å². The first kappa shape index (κ1) is 10.4. The van der Waals surface area contributed by atoms with Crippen molar-refractivity contribution in [1.82, 2.24) is 4.98 Å². The lowest BCUT2D eigenvalue weighted by Crippen LogP contribution is -1.95. The summed E-state index contributed by atoms with van der Waals surface area (Å²) >= 11 is 0. The quantitative estimate of drug-likeness (QED) is 0.758. The Morgan fingerprint density at radius 1 is 1.31 bits per heavy atom. The monoisotopic (exact) mass is 217 g/mol. The number of carbonyl (C=O) groups excluding carboxylic acids is 1. The number of fused-ring (bicyclic) bond motifs is 1. The number of rotatable bonds is 2. The third kappa shape index (κ3) is 1.48. The normalized spacial score (nSPS) is 10.6. The summed E-state index contributed by atoms with van der Waals surface area (Å²) in [6.07, 6.45) is 0. The predicted octanol–water partition coefficient (Wildman–Crippen LogP) is 2.38. The summed E-state index contributed by atoms with van der Waals surface area (Å²) in [6, 6.07) is 4.80. The number of carbonyl (C=O) groups is 2. The molecule has 2 N–H and O–H groups in total. The topological polar surface area (TPSA) is 70.2 Å². The van der Waals surface area contributed by atoms with Crippen LogP contribution in [0, 0.1) is 6.92 Å². The number of carboxylic acid groups (broad SMARTS) is 1. The maximum absolute atomic E-state index is 11.3. The number of carboxylic acids is 1. The molecule has 2 rings (SSSR count). The minimum absolute atomic E-state index is 0.0504. The Labute approximate surface area is 91.9 Å². The lowest BCUT2D eigenvalue weighted by atomic mass is 10.1. The van der Waals surface area contributed by atoms with Crippen LogP contribution in [0.15, 0.2) is 18.2 Å². The van der Waals surface area contributed by atoms with Crippen LogP contribution < -0.4 is 0 Å². The first-order valence-electron chi connectivity index (χ1n) is 4.87. The Bertz CT molecular complexity index is 596. The molecule has 16 heavy (non-hydrogen) atoms. The SMILES string of the molecule is CC(=O)c1[nH]c2cc(C(=O)O)ccc2c1C. The van der Waals surface area contributed by atoms with E-state index in [2.05, 4.69) is 4.98 Å². The molecule has 0 saturated heterocycles. The fraction of sp³-hybridized carbons (Fsp3) is 0.167. The number of aromatic amines is 1. The fourth-order valence-electron chi connectivity index (χ4n) is 1.82. The molecule has 82 valence electrons. The summed E-state index contributed by atoms with van der Waals surface area (Å²) in [6.45, 7) is 3.33. The average molecular weight is 217 g/mol. The maximum atomic E-state index is 11.3. The summed E-state index contributed by atoms with van der Waals surface area (Å²) in [5.41, 5.74) is 2.29. The Kier molecular flexibility index (Phi) is 2.27. The zero-order chi connectivity index (χ0) is 11.9. The van der Waals surface area contributed by atoms with Gasteiger partial charge in [0.25, 0.3) is 0 Å². The molecule has 0 aliphatic rings. The van der Waals surface area contributed by atoms with Crippen LogP contribution in [0.3, 0.4) is 0 Å². The fourth-order valence-corrected chi connectivity index (χ4v) is 1.82. The van der Waals surface area contributed by atoms with Crippen molar-refractivity contribution in [3.05, 3.63) is 35.0 Å². The summed E-state index contributed by atoms with van der Waals surface area (Å²) in [5, 5.41) is 9.73. The molecule has 0 radical (unpaired) electrons. The highest BCUT2D eigenvalue weighted by Crippen LogP contribution is 2.23. The lowest BCUT2D eigenvalue weighted by Gasteiger charge is -1.94. The van der Waals surface area contributed by atoms with Gasteiger partial charge < -0.3 is 10.1 Å². The van der Waals surface area contributed by atoms with Crippen LogP contribution in [0.5, 0.6) is 0 Å². The minimum Gasteiger partial charge on any atom is -0.478 e. The first-order valence-corrected chi connectivity index (χ1v) is 4.87. The van der Waals surface area contributed by atoms with Gasteiger partial charge in [0.1, 0.15) is 0 Å². The molecule has 1 heterocycles. The summed E-state index contributed by atoms with van der Waals surface area (Å²) < 4.78 is 0. The highest BCUT2D eigenvalue weighted by Gasteiger charge is 2.12. The van der Waals surface area contributed by atoms with E-state index in [1.54, 1.807) is 6.07 Å². The van der Waals surface area contributed by atoms with Crippen molar-refractivity contribution < 1.29 is 14.7 Å². The number of aryl methyl sites for hydroxylation is 1. The molecule has 4 heteroatoms. The number of aromatic nitrogens is 1. The van der Waals surface area contributed by atoms with E-state index >= 15 is 0 Å². The van der Waals surface area contributed by atoms with Crippen LogP contribution >= 0.6 is 0 Å². The molecule has 1 aromatic carbocycles. The van der Waals surface area contributed by atoms with Gasteiger partial charge in [0.2, 0.25) is 0 Å². The zero-order valence-corrected chi connectivity index (χ0v) is 9.00. The van der Waals surface area contributed by atoms with Crippen molar-refractivity contribution in [3.63, 3.8) is 0 Å². The smallest absolute Gasteiger partial charge is 0.335 e. The number of benzene rings is 1. The van der Waals surface area contributed by atoms with Gasteiger partial charge in [-0.3, -0.25) is 4.79 Å². The number of nitrogens with one attached hydrogen (secondary N) is 1. The standard InChI is InChI=1S/C12H11NO3/c1-6-9-4-3-8(12(15)16)5-10(9)13-11(6)7(2)14/h3-5,13H,1-2H3,(H,15,16). The number of Topliss-reactive ketones (excluding diaryl/α,β-unsaturated/α-hetero) is 1. The second-order valence-corrected chi connectivity index (χ2v) is 3.75. The molecular formula is C12H11NO3. The van der Waals surface area contributed by atoms with E-state index < -0.39 is 5.97 Å².